The third kappa shape index (κ3) is 6.13. The van der Waals surface area contributed by atoms with E-state index < -0.39 is 0 Å². The molecule has 5 nitrogen and oxygen atoms in total. The van der Waals surface area contributed by atoms with Crippen molar-refractivity contribution in [2.75, 3.05) is 26.2 Å². The zero-order valence-electron chi connectivity index (χ0n) is 15.5. The highest BCUT2D eigenvalue weighted by Gasteiger charge is 2.21. The van der Waals surface area contributed by atoms with Crippen molar-refractivity contribution in [3.05, 3.63) is 35.4 Å². The summed E-state index contributed by atoms with van der Waals surface area (Å²) in [5.41, 5.74) is 2.58. The lowest BCUT2D eigenvalue weighted by Crippen LogP contribution is -2.44. The number of nitrogens with one attached hydrogen (secondary N) is 2. The molecule has 1 aliphatic heterocycles. The Balaban J connectivity index is 1.89. The Kier molecular flexibility index (Phi) is 7.53. The lowest BCUT2D eigenvalue weighted by Gasteiger charge is -2.35. The summed E-state index contributed by atoms with van der Waals surface area (Å²) < 4.78 is 5.80. The van der Waals surface area contributed by atoms with Crippen LogP contribution in [0.15, 0.2) is 29.3 Å². The van der Waals surface area contributed by atoms with Gasteiger partial charge in [-0.15, -0.1) is 0 Å². The number of ether oxygens (including phenoxy) is 1. The van der Waals surface area contributed by atoms with Crippen molar-refractivity contribution in [2.45, 2.75) is 53.0 Å². The van der Waals surface area contributed by atoms with E-state index in [1.807, 2.05) is 0 Å². The van der Waals surface area contributed by atoms with Gasteiger partial charge in [-0.1, -0.05) is 24.3 Å². The van der Waals surface area contributed by atoms with Crippen LogP contribution in [0, 0.1) is 0 Å². The van der Waals surface area contributed by atoms with Gasteiger partial charge >= 0.3 is 0 Å². The first-order chi connectivity index (χ1) is 11.6. The van der Waals surface area contributed by atoms with E-state index in [-0.39, 0.29) is 0 Å². The Bertz CT molecular complexity index is 497. The van der Waals surface area contributed by atoms with E-state index in [4.69, 9.17) is 4.74 Å². The van der Waals surface area contributed by atoms with E-state index >= 15 is 0 Å². The summed E-state index contributed by atoms with van der Waals surface area (Å²) in [6, 6.07) is 8.80. The number of morpholine rings is 1. The minimum absolute atomic E-state index is 0.318. The van der Waals surface area contributed by atoms with Crippen LogP contribution in [0.1, 0.15) is 38.8 Å². The summed E-state index contributed by atoms with van der Waals surface area (Å²) in [5.74, 6) is 0.875. The molecule has 2 N–H and O–H groups in total. The standard InChI is InChI=1S/C19H32N4O/c1-5-20-19(21-6-2)22-11-17-7-9-18(10-8-17)14-23-12-15(3)24-16(4)13-23/h7-10,15-16H,5-6,11-14H2,1-4H3,(H2,20,21,22)/t15-,16-/m0/s1. The molecule has 0 aliphatic carbocycles. The summed E-state index contributed by atoms with van der Waals surface area (Å²) in [4.78, 5) is 7.08. The predicted octanol–water partition coefficient (Wildman–Crippen LogP) is 2.37. The largest absolute Gasteiger partial charge is 0.373 e. The average Bonchev–Trinajstić information content (AvgIpc) is 2.53. The number of hydrogen-bond donors (Lipinski definition) is 2. The second-order valence-electron chi connectivity index (χ2n) is 6.49. The van der Waals surface area contributed by atoms with Crippen LogP contribution in [0.5, 0.6) is 0 Å². The van der Waals surface area contributed by atoms with Crippen molar-refractivity contribution < 1.29 is 4.74 Å². The quantitative estimate of drug-likeness (QED) is 0.620. The molecule has 2 atom stereocenters. The normalized spacial score (nSPS) is 21.3. The molecule has 0 radical (unpaired) electrons. The Morgan fingerprint density at radius 1 is 1.04 bits per heavy atom. The smallest absolute Gasteiger partial charge is 0.191 e. The van der Waals surface area contributed by atoms with Crippen molar-refractivity contribution in [2.24, 2.45) is 4.99 Å². The highest BCUT2D eigenvalue weighted by atomic mass is 16.5. The monoisotopic (exact) mass is 332 g/mol. The van der Waals surface area contributed by atoms with Gasteiger partial charge in [-0.05, 0) is 38.8 Å². The first kappa shape index (κ1) is 18.7. The third-order valence-electron chi connectivity index (χ3n) is 4.03. The number of aliphatic imine (C=N–C) groups is 1. The Morgan fingerprint density at radius 2 is 1.58 bits per heavy atom. The van der Waals surface area contributed by atoms with Gasteiger partial charge in [0.05, 0.1) is 18.8 Å². The van der Waals surface area contributed by atoms with E-state index in [9.17, 15) is 0 Å². The fraction of sp³-hybridized carbons (Fsp3) is 0.632. The van der Waals surface area contributed by atoms with Crippen molar-refractivity contribution >= 4 is 5.96 Å². The van der Waals surface area contributed by atoms with Crippen molar-refractivity contribution in [3.8, 4) is 0 Å². The maximum absolute atomic E-state index is 5.80. The molecule has 1 aliphatic rings. The maximum Gasteiger partial charge on any atom is 0.191 e. The lowest BCUT2D eigenvalue weighted by atomic mass is 10.1. The number of benzene rings is 1. The fourth-order valence-electron chi connectivity index (χ4n) is 3.10. The minimum Gasteiger partial charge on any atom is -0.373 e. The molecule has 0 unspecified atom stereocenters. The highest BCUT2D eigenvalue weighted by Crippen LogP contribution is 2.15. The molecule has 1 saturated heterocycles. The SMILES string of the molecule is CCNC(=NCc1ccc(CN2C[C@H](C)O[C@@H](C)C2)cc1)NCC. The van der Waals surface area contributed by atoms with Gasteiger partial charge in [0.1, 0.15) is 0 Å². The number of guanidine groups is 1. The molecule has 0 bridgehead atoms. The molecule has 1 heterocycles. The Hall–Kier alpha value is -1.59. The number of hydrogen-bond acceptors (Lipinski definition) is 3. The van der Waals surface area contributed by atoms with E-state index in [1.54, 1.807) is 0 Å². The first-order valence-electron chi connectivity index (χ1n) is 9.08. The predicted molar refractivity (Wildman–Crippen MR) is 100 cm³/mol. The maximum atomic E-state index is 5.80. The first-order valence-corrected chi connectivity index (χ1v) is 9.08. The Labute approximate surface area is 146 Å². The molecule has 1 aromatic rings. The molecule has 5 heteroatoms. The molecular formula is C19H32N4O. The Morgan fingerprint density at radius 3 is 2.12 bits per heavy atom. The van der Waals surface area contributed by atoms with Gasteiger partial charge in [0, 0.05) is 32.7 Å². The van der Waals surface area contributed by atoms with Crippen molar-refractivity contribution in [1.29, 1.82) is 0 Å². The molecule has 2 rings (SSSR count). The van der Waals surface area contributed by atoms with Gasteiger partial charge in [-0.3, -0.25) is 4.90 Å². The van der Waals surface area contributed by atoms with Crippen LogP contribution in [0.2, 0.25) is 0 Å². The highest BCUT2D eigenvalue weighted by molar-refractivity contribution is 5.79. The molecule has 0 spiro atoms. The molecular weight excluding hydrogens is 300 g/mol. The van der Waals surface area contributed by atoms with E-state index in [1.165, 1.54) is 11.1 Å². The molecule has 0 saturated carbocycles. The van der Waals surface area contributed by atoms with Gasteiger partial charge in [-0.25, -0.2) is 4.99 Å². The van der Waals surface area contributed by atoms with E-state index in [0.717, 1.165) is 38.7 Å². The van der Waals surface area contributed by atoms with Crippen LogP contribution in [0.4, 0.5) is 0 Å². The van der Waals surface area contributed by atoms with Crippen molar-refractivity contribution in [1.82, 2.24) is 15.5 Å². The number of nitrogens with zero attached hydrogens (tertiary/aromatic N) is 2. The summed E-state index contributed by atoms with van der Waals surface area (Å²) in [7, 11) is 0. The molecule has 1 aromatic carbocycles. The van der Waals surface area contributed by atoms with Crippen molar-refractivity contribution in [3.63, 3.8) is 0 Å². The van der Waals surface area contributed by atoms with Crippen LogP contribution in [-0.4, -0.2) is 49.2 Å². The zero-order chi connectivity index (χ0) is 17.4. The second-order valence-corrected chi connectivity index (χ2v) is 6.49. The average molecular weight is 332 g/mol. The van der Waals surface area contributed by atoms with E-state index in [0.29, 0.717) is 18.8 Å². The van der Waals surface area contributed by atoms with Crippen LogP contribution >= 0.6 is 0 Å². The zero-order valence-corrected chi connectivity index (χ0v) is 15.5. The fourth-order valence-corrected chi connectivity index (χ4v) is 3.10. The summed E-state index contributed by atoms with van der Waals surface area (Å²) in [6.45, 7) is 13.9. The lowest BCUT2D eigenvalue weighted by molar-refractivity contribution is -0.0704. The van der Waals surface area contributed by atoms with E-state index in [2.05, 4.69) is 72.5 Å². The van der Waals surface area contributed by atoms with Gasteiger partial charge < -0.3 is 15.4 Å². The molecule has 134 valence electrons. The van der Waals surface area contributed by atoms with Gasteiger partial charge in [-0.2, -0.15) is 0 Å². The van der Waals surface area contributed by atoms with Crippen LogP contribution in [0.3, 0.4) is 0 Å². The van der Waals surface area contributed by atoms with Gasteiger partial charge in [0.2, 0.25) is 0 Å². The van der Waals surface area contributed by atoms with Gasteiger partial charge in [0.15, 0.2) is 5.96 Å². The third-order valence-corrected chi connectivity index (χ3v) is 4.03. The summed E-state index contributed by atoms with van der Waals surface area (Å²) in [5, 5.41) is 6.50. The molecule has 24 heavy (non-hydrogen) atoms. The van der Waals surface area contributed by atoms with Gasteiger partial charge in [0.25, 0.3) is 0 Å². The van der Waals surface area contributed by atoms with Crippen LogP contribution < -0.4 is 10.6 Å². The minimum atomic E-state index is 0.318. The molecule has 0 aromatic heterocycles. The molecule has 1 fully saturated rings. The topological polar surface area (TPSA) is 48.9 Å². The van der Waals surface area contributed by atoms with Crippen LogP contribution in [-0.2, 0) is 17.8 Å². The summed E-state index contributed by atoms with van der Waals surface area (Å²) >= 11 is 0. The van der Waals surface area contributed by atoms with Crippen LogP contribution in [0.25, 0.3) is 0 Å². The number of rotatable bonds is 6. The molecule has 0 amide bonds. The second kappa shape index (κ2) is 9.64. The summed E-state index contributed by atoms with van der Waals surface area (Å²) in [6.07, 6.45) is 0.635.